The summed E-state index contributed by atoms with van der Waals surface area (Å²) in [6.07, 6.45) is 0.146. The Bertz CT molecular complexity index is 346. The van der Waals surface area contributed by atoms with Crippen molar-refractivity contribution in [1.29, 1.82) is 0 Å². The fraction of sp³-hybridized carbons (Fsp3) is 0.500. The SMILES string of the molecule is CN[C@@H]1CN(Cc2cccc(Cl)c2)CCO1. The molecule has 16 heavy (non-hydrogen) atoms. The van der Waals surface area contributed by atoms with Gasteiger partial charge in [0, 0.05) is 24.7 Å². The van der Waals surface area contributed by atoms with Gasteiger partial charge in [0.1, 0.15) is 6.23 Å². The summed E-state index contributed by atoms with van der Waals surface area (Å²) in [4.78, 5) is 2.37. The largest absolute Gasteiger partial charge is 0.361 e. The van der Waals surface area contributed by atoms with Crippen molar-refractivity contribution in [2.75, 3.05) is 26.7 Å². The van der Waals surface area contributed by atoms with Crippen molar-refractivity contribution in [3.63, 3.8) is 0 Å². The van der Waals surface area contributed by atoms with Gasteiger partial charge in [0.25, 0.3) is 0 Å². The van der Waals surface area contributed by atoms with Crippen molar-refractivity contribution in [2.45, 2.75) is 12.8 Å². The molecule has 0 saturated carbocycles. The van der Waals surface area contributed by atoms with Gasteiger partial charge in [-0.25, -0.2) is 0 Å². The zero-order chi connectivity index (χ0) is 11.4. The number of morpholine rings is 1. The molecule has 0 spiro atoms. The van der Waals surface area contributed by atoms with Gasteiger partial charge < -0.3 is 4.74 Å². The predicted octanol–water partition coefficient (Wildman–Crippen LogP) is 1.72. The Kier molecular flexibility index (Phi) is 4.18. The average Bonchev–Trinajstić information content (AvgIpc) is 2.29. The molecule has 1 aromatic rings. The van der Waals surface area contributed by atoms with E-state index in [4.69, 9.17) is 16.3 Å². The maximum Gasteiger partial charge on any atom is 0.120 e. The van der Waals surface area contributed by atoms with Crippen LogP contribution in [0, 0.1) is 0 Å². The third-order valence-electron chi connectivity index (χ3n) is 2.77. The van der Waals surface area contributed by atoms with E-state index in [1.807, 2.05) is 25.2 Å². The minimum absolute atomic E-state index is 0.146. The molecule has 0 bridgehead atoms. The summed E-state index contributed by atoms with van der Waals surface area (Å²) >= 11 is 5.96. The number of benzene rings is 1. The summed E-state index contributed by atoms with van der Waals surface area (Å²) in [7, 11) is 1.92. The zero-order valence-corrected chi connectivity index (χ0v) is 10.2. The third-order valence-corrected chi connectivity index (χ3v) is 3.00. The van der Waals surface area contributed by atoms with Gasteiger partial charge in [-0.05, 0) is 24.7 Å². The van der Waals surface area contributed by atoms with Crippen molar-refractivity contribution in [2.24, 2.45) is 0 Å². The van der Waals surface area contributed by atoms with Crippen LogP contribution in [0.25, 0.3) is 0 Å². The summed E-state index contributed by atoms with van der Waals surface area (Å²) in [6, 6.07) is 8.02. The van der Waals surface area contributed by atoms with Crippen LogP contribution in [-0.2, 0) is 11.3 Å². The summed E-state index contributed by atoms with van der Waals surface area (Å²) in [5.74, 6) is 0. The van der Waals surface area contributed by atoms with Gasteiger partial charge >= 0.3 is 0 Å². The molecule has 1 N–H and O–H groups in total. The monoisotopic (exact) mass is 240 g/mol. The molecule has 1 atom stereocenters. The molecule has 1 aliphatic rings. The molecule has 4 heteroatoms. The Labute approximate surface area is 101 Å². The second-order valence-electron chi connectivity index (χ2n) is 4.01. The summed E-state index contributed by atoms with van der Waals surface area (Å²) in [6.45, 7) is 3.61. The molecule has 0 radical (unpaired) electrons. The molecule has 1 aromatic carbocycles. The first kappa shape index (κ1) is 11.9. The van der Waals surface area contributed by atoms with Gasteiger partial charge in [0.15, 0.2) is 0 Å². The molecular formula is C12H17ClN2O. The second-order valence-corrected chi connectivity index (χ2v) is 4.45. The second kappa shape index (κ2) is 5.64. The lowest BCUT2D eigenvalue weighted by Crippen LogP contribution is -2.47. The van der Waals surface area contributed by atoms with E-state index in [1.54, 1.807) is 0 Å². The Morgan fingerprint density at radius 2 is 2.44 bits per heavy atom. The Balaban J connectivity index is 1.94. The molecule has 1 saturated heterocycles. The standard InChI is InChI=1S/C12H17ClN2O/c1-14-12-9-15(5-6-16-12)8-10-3-2-4-11(13)7-10/h2-4,7,12,14H,5-6,8-9H2,1H3/t12-/m0/s1. The third kappa shape index (κ3) is 3.19. The van der Waals surface area contributed by atoms with Crippen LogP contribution in [0.3, 0.4) is 0 Å². The molecule has 1 heterocycles. The lowest BCUT2D eigenvalue weighted by atomic mass is 10.2. The fourth-order valence-corrected chi connectivity index (χ4v) is 2.13. The molecule has 2 rings (SSSR count). The highest BCUT2D eigenvalue weighted by Gasteiger charge is 2.18. The number of hydrogen-bond acceptors (Lipinski definition) is 3. The van der Waals surface area contributed by atoms with E-state index < -0.39 is 0 Å². The van der Waals surface area contributed by atoms with Gasteiger partial charge in [-0.3, -0.25) is 10.2 Å². The van der Waals surface area contributed by atoms with Gasteiger partial charge in [-0.2, -0.15) is 0 Å². The summed E-state index contributed by atoms with van der Waals surface area (Å²) < 4.78 is 5.54. The van der Waals surface area contributed by atoms with Crippen LogP contribution in [0.1, 0.15) is 5.56 Å². The highest BCUT2D eigenvalue weighted by atomic mass is 35.5. The lowest BCUT2D eigenvalue weighted by Gasteiger charge is -2.32. The lowest BCUT2D eigenvalue weighted by molar-refractivity contribution is -0.0442. The van der Waals surface area contributed by atoms with Crippen LogP contribution in [0.5, 0.6) is 0 Å². The normalized spacial score (nSPS) is 22.2. The van der Waals surface area contributed by atoms with E-state index >= 15 is 0 Å². The van der Waals surface area contributed by atoms with Gasteiger partial charge in [-0.1, -0.05) is 23.7 Å². The van der Waals surface area contributed by atoms with E-state index in [-0.39, 0.29) is 6.23 Å². The molecule has 1 fully saturated rings. The number of halogens is 1. The van der Waals surface area contributed by atoms with Crippen LogP contribution < -0.4 is 5.32 Å². The van der Waals surface area contributed by atoms with Crippen LogP contribution in [0.2, 0.25) is 5.02 Å². The molecule has 0 amide bonds. The van der Waals surface area contributed by atoms with E-state index in [1.165, 1.54) is 5.56 Å². The highest BCUT2D eigenvalue weighted by molar-refractivity contribution is 6.30. The fourth-order valence-electron chi connectivity index (χ4n) is 1.91. The molecule has 0 unspecified atom stereocenters. The smallest absolute Gasteiger partial charge is 0.120 e. The van der Waals surface area contributed by atoms with Gasteiger partial charge in [-0.15, -0.1) is 0 Å². The number of hydrogen-bond donors (Lipinski definition) is 1. The molecule has 0 aliphatic carbocycles. The van der Waals surface area contributed by atoms with Gasteiger partial charge in [0.05, 0.1) is 6.61 Å². The minimum Gasteiger partial charge on any atom is -0.361 e. The van der Waals surface area contributed by atoms with Crippen LogP contribution in [0.4, 0.5) is 0 Å². The Morgan fingerprint density at radius 3 is 3.19 bits per heavy atom. The van der Waals surface area contributed by atoms with Crippen LogP contribution >= 0.6 is 11.6 Å². The first-order valence-corrected chi connectivity index (χ1v) is 5.91. The molecule has 88 valence electrons. The topological polar surface area (TPSA) is 24.5 Å². The Hall–Kier alpha value is -0.610. The quantitative estimate of drug-likeness (QED) is 0.871. The molecule has 1 aliphatic heterocycles. The number of ether oxygens (including phenoxy) is 1. The van der Waals surface area contributed by atoms with Crippen molar-refractivity contribution >= 4 is 11.6 Å². The van der Waals surface area contributed by atoms with Gasteiger partial charge in [0.2, 0.25) is 0 Å². The molecule has 0 aromatic heterocycles. The summed E-state index contributed by atoms with van der Waals surface area (Å²) in [5.41, 5.74) is 1.25. The number of nitrogens with one attached hydrogen (secondary N) is 1. The highest BCUT2D eigenvalue weighted by Crippen LogP contribution is 2.14. The van der Waals surface area contributed by atoms with E-state index in [9.17, 15) is 0 Å². The number of rotatable bonds is 3. The molecular weight excluding hydrogens is 224 g/mol. The first-order chi connectivity index (χ1) is 7.78. The van der Waals surface area contributed by atoms with Crippen molar-refractivity contribution in [3.8, 4) is 0 Å². The van der Waals surface area contributed by atoms with E-state index in [0.717, 1.165) is 31.3 Å². The van der Waals surface area contributed by atoms with E-state index in [0.29, 0.717) is 0 Å². The maximum absolute atomic E-state index is 5.96. The maximum atomic E-state index is 5.96. The van der Waals surface area contributed by atoms with Crippen LogP contribution in [0.15, 0.2) is 24.3 Å². The van der Waals surface area contributed by atoms with E-state index in [2.05, 4.69) is 16.3 Å². The van der Waals surface area contributed by atoms with Crippen LogP contribution in [-0.4, -0.2) is 37.9 Å². The zero-order valence-electron chi connectivity index (χ0n) is 9.45. The van der Waals surface area contributed by atoms with Crippen molar-refractivity contribution in [1.82, 2.24) is 10.2 Å². The Morgan fingerprint density at radius 1 is 1.56 bits per heavy atom. The number of nitrogens with zero attached hydrogens (tertiary/aromatic N) is 1. The molecule has 3 nitrogen and oxygen atoms in total. The first-order valence-electron chi connectivity index (χ1n) is 5.53. The number of likely N-dealkylation sites (N-methyl/N-ethyl adjacent to an activating group) is 1. The predicted molar refractivity (Wildman–Crippen MR) is 65.5 cm³/mol. The average molecular weight is 241 g/mol. The summed E-state index contributed by atoms with van der Waals surface area (Å²) in [5, 5.41) is 3.94. The van der Waals surface area contributed by atoms with Crippen molar-refractivity contribution in [3.05, 3.63) is 34.9 Å². The minimum atomic E-state index is 0.146. The van der Waals surface area contributed by atoms with Crippen molar-refractivity contribution < 1.29 is 4.74 Å².